The molecule has 0 radical (unpaired) electrons. The van der Waals surface area contributed by atoms with E-state index >= 15 is 0 Å². The third-order valence-corrected chi connectivity index (χ3v) is 5.44. The highest BCUT2D eigenvalue weighted by Gasteiger charge is 2.54. The number of esters is 4. The second kappa shape index (κ2) is 11.2. The van der Waals surface area contributed by atoms with E-state index in [9.17, 15) is 24.3 Å². The standard InChI is InChI=1S/C21H32O12/c1-8-9(2)27-20(26)18(31-13(6)24)15(8)33-21-19(32-14(7)25)17(30-12(5)23)16(10(3)28-21)29-11(4)22/h8-10,15-21,26H,1-7H3/t8-,9?,10?,15-,16-,17-,18?,19?,20?,21-/m0/s1. The zero-order valence-electron chi connectivity index (χ0n) is 19.7. The van der Waals surface area contributed by atoms with Crippen LogP contribution in [0.25, 0.3) is 0 Å². The maximum absolute atomic E-state index is 11.9. The molecule has 0 amide bonds. The van der Waals surface area contributed by atoms with Crippen LogP contribution in [0.4, 0.5) is 0 Å². The molecule has 188 valence electrons. The first-order valence-corrected chi connectivity index (χ1v) is 10.6. The normalized spacial score (nSPS) is 38.7. The molecule has 0 spiro atoms. The summed E-state index contributed by atoms with van der Waals surface area (Å²) < 4.78 is 38.6. The molecule has 2 heterocycles. The predicted octanol–water partition coefficient (Wildman–Crippen LogP) is 0.216. The lowest BCUT2D eigenvalue weighted by Gasteiger charge is -2.47. The van der Waals surface area contributed by atoms with Crippen LogP contribution in [0.1, 0.15) is 48.5 Å². The first kappa shape index (κ1) is 27.0. The third-order valence-electron chi connectivity index (χ3n) is 5.44. The highest BCUT2D eigenvalue weighted by Crippen LogP contribution is 2.35. The maximum atomic E-state index is 11.9. The molecule has 0 aromatic heterocycles. The Hall–Kier alpha value is -2.28. The Balaban J connectivity index is 2.41. The van der Waals surface area contributed by atoms with Gasteiger partial charge in [0.05, 0.1) is 12.2 Å². The molecule has 0 bridgehead atoms. The van der Waals surface area contributed by atoms with E-state index in [1.54, 1.807) is 20.8 Å². The van der Waals surface area contributed by atoms with Crippen molar-refractivity contribution in [3.8, 4) is 0 Å². The lowest BCUT2D eigenvalue weighted by molar-refractivity contribution is -0.345. The number of rotatable bonds is 6. The SMILES string of the molecule is CC(=O)OC1C(O)OC(C)[C@H](C)[C@@H]1O[C@@H]1OC(C)[C@H](OC(C)=O)[C@H](OC(C)=O)C1OC(C)=O. The van der Waals surface area contributed by atoms with E-state index in [-0.39, 0.29) is 0 Å². The van der Waals surface area contributed by atoms with Crippen molar-refractivity contribution in [2.24, 2.45) is 5.92 Å². The third kappa shape index (κ3) is 6.85. The van der Waals surface area contributed by atoms with Crippen molar-refractivity contribution < 1.29 is 57.4 Å². The minimum atomic E-state index is -1.48. The molecule has 2 saturated heterocycles. The van der Waals surface area contributed by atoms with Gasteiger partial charge in [-0.2, -0.15) is 0 Å². The molecule has 2 rings (SSSR count). The van der Waals surface area contributed by atoms with Gasteiger partial charge in [0.25, 0.3) is 0 Å². The van der Waals surface area contributed by atoms with Crippen LogP contribution in [0.2, 0.25) is 0 Å². The van der Waals surface area contributed by atoms with Crippen molar-refractivity contribution in [2.45, 2.75) is 104 Å². The molecular weight excluding hydrogens is 444 g/mol. The average Bonchev–Trinajstić information content (AvgIpc) is 2.67. The van der Waals surface area contributed by atoms with Crippen LogP contribution in [0.3, 0.4) is 0 Å². The van der Waals surface area contributed by atoms with Crippen LogP contribution < -0.4 is 0 Å². The Morgan fingerprint density at radius 1 is 0.606 bits per heavy atom. The van der Waals surface area contributed by atoms with Crippen molar-refractivity contribution >= 4 is 23.9 Å². The Bertz CT molecular complexity index is 739. The largest absolute Gasteiger partial charge is 0.456 e. The highest BCUT2D eigenvalue weighted by atomic mass is 16.7. The van der Waals surface area contributed by atoms with E-state index in [0.717, 1.165) is 13.8 Å². The van der Waals surface area contributed by atoms with Gasteiger partial charge in [-0.15, -0.1) is 0 Å². The molecule has 0 aromatic carbocycles. The lowest BCUT2D eigenvalue weighted by Crippen LogP contribution is -2.64. The fourth-order valence-corrected chi connectivity index (χ4v) is 3.90. The number of hydrogen-bond donors (Lipinski definition) is 1. The summed E-state index contributed by atoms with van der Waals surface area (Å²) >= 11 is 0. The van der Waals surface area contributed by atoms with Gasteiger partial charge in [-0.1, -0.05) is 6.92 Å². The van der Waals surface area contributed by atoms with E-state index in [4.69, 9.17) is 33.2 Å². The summed E-state index contributed by atoms with van der Waals surface area (Å²) in [6.45, 7) is 9.69. The Labute approximate surface area is 191 Å². The summed E-state index contributed by atoms with van der Waals surface area (Å²) in [7, 11) is 0. The quantitative estimate of drug-likeness (QED) is 0.412. The van der Waals surface area contributed by atoms with Crippen molar-refractivity contribution in [1.82, 2.24) is 0 Å². The van der Waals surface area contributed by atoms with Crippen molar-refractivity contribution in [2.75, 3.05) is 0 Å². The molecule has 2 aliphatic heterocycles. The topological polar surface area (TPSA) is 153 Å². The van der Waals surface area contributed by atoms with E-state index in [0.29, 0.717) is 0 Å². The Morgan fingerprint density at radius 2 is 1.06 bits per heavy atom. The van der Waals surface area contributed by atoms with Gasteiger partial charge >= 0.3 is 23.9 Å². The average molecular weight is 476 g/mol. The van der Waals surface area contributed by atoms with Crippen LogP contribution in [-0.2, 0) is 52.3 Å². The summed E-state index contributed by atoms with van der Waals surface area (Å²) in [6, 6.07) is 0. The van der Waals surface area contributed by atoms with Gasteiger partial charge < -0.3 is 38.3 Å². The van der Waals surface area contributed by atoms with Gasteiger partial charge in [0.2, 0.25) is 0 Å². The minimum absolute atomic E-state index is 0.395. The van der Waals surface area contributed by atoms with E-state index in [2.05, 4.69) is 0 Å². The summed E-state index contributed by atoms with van der Waals surface area (Å²) in [5.41, 5.74) is 0. The second-order valence-corrected chi connectivity index (χ2v) is 8.20. The molecule has 33 heavy (non-hydrogen) atoms. The molecule has 0 aliphatic carbocycles. The Morgan fingerprint density at radius 3 is 1.58 bits per heavy atom. The fourth-order valence-electron chi connectivity index (χ4n) is 3.90. The van der Waals surface area contributed by atoms with Crippen LogP contribution in [0, 0.1) is 5.92 Å². The van der Waals surface area contributed by atoms with Gasteiger partial charge in [0, 0.05) is 33.6 Å². The van der Waals surface area contributed by atoms with Crippen molar-refractivity contribution in [1.29, 1.82) is 0 Å². The smallest absolute Gasteiger partial charge is 0.303 e. The maximum Gasteiger partial charge on any atom is 0.303 e. The summed E-state index contributed by atoms with van der Waals surface area (Å²) in [5.74, 6) is -3.15. The number of aliphatic hydroxyl groups is 1. The molecule has 12 heteroatoms. The van der Waals surface area contributed by atoms with Crippen LogP contribution in [0.15, 0.2) is 0 Å². The van der Waals surface area contributed by atoms with Gasteiger partial charge in [-0.05, 0) is 13.8 Å². The highest BCUT2D eigenvalue weighted by molar-refractivity contribution is 5.68. The lowest BCUT2D eigenvalue weighted by atomic mass is 9.90. The fraction of sp³-hybridized carbons (Fsp3) is 0.810. The molecule has 0 saturated carbocycles. The first-order chi connectivity index (χ1) is 15.3. The molecule has 2 aliphatic rings. The molecule has 5 unspecified atom stereocenters. The van der Waals surface area contributed by atoms with Crippen molar-refractivity contribution in [3.05, 3.63) is 0 Å². The zero-order valence-corrected chi connectivity index (χ0v) is 19.7. The minimum Gasteiger partial charge on any atom is -0.456 e. The zero-order chi connectivity index (χ0) is 25.0. The van der Waals surface area contributed by atoms with Crippen LogP contribution in [0.5, 0.6) is 0 Å². The van der Waals surface area contributed by atoms with Crippen molar-refractivity contribution in [3.63, 3.8) is 0 Å². The number of ether oxygens (including phenoxy) is 7. The first-order valence-electron chi connectivity index (χ1n) is 10.6. The van der Waals surface area contributed by atoms with Gasteiger partial charge in [0.15, 0.2) is 37.0 Å². The number of carbonyl (C=O) groups excluding carboxylic acids is 4. The predicted molar refractivity (Wildman–Crippen MR) is 107 cm³/mol. The second-order valence-electron chi connectivity index (χ2n) is 8.20. The van der Waals surface area contributed by atoms with E-state index < -0.39 is 85.1 Å². The number of hydrogen-bond acceptors (Lipinski definition) is 12. The van der Waals surface area contributed by atoms with E-state index in [1.165, 1.54) is 13.8 Å². The van der Waals surface area contributed by atoms with Gasteiger partial charge in [0.1, 0.15) is 6.10 Å². The van der Waals surface area contributed by atoms with E-state index in [1.807, 2.05) is 0 Å². The molecule has 1 N–H and O–H groups in total. The molecule has 10 atom stereocenters. The van der Waals surface area contributed by atoms with Gasteiger partial charge in [-0.3, -0.25) is 19.2 Å². The van der Waals surface area contributed by atoms with Gasteiger partial charge in [-0.25, -0.2) is 0 Å². The summed E-state index contributed by atoms with van der Waals surface area (Å²) in [5, 5.41) is 10.3. The monoisotopic (exact) mass is 476 g/mol. The van der Waals surface area contributed by atoms with Crippen LogP contribution >= 0.6 is 0 Å². The number of carbonyl (C=O) groups is 4. The molecular formula is C21H32O12. The summed E-state index contributed by atoms with van der Waals surface area (Å²) in [6.07, 6.45) is -9.91. The molecule has 0 aromatic rings. The Kier molecular flexibility index (Phi) is 9.18. The molecule has 12 nitrogen and oxygen atoms in total. The summed E-state index contributed by atoms with van der Waals surface area (Å²) in [4.78, 5) is 46.9. The molecule has 2 fully saturated rings. The van der Waals surface area contributed by atoms with Crippen LogP contribution in [-0.4, -0.2) is 84.3 Å². The number of aliphatic hydroxyl groups excluding tert-OH is 1.